The van der Waals surface area contributed by atoms with Crippen LogP contribution in [-0.4, -0.2) is 54.9 Å². The number of amides is 2. The molecule has 1 aliphatic rings. The number of anilines is 3. The highest BCUT2D eigenvalue weighted by Gasteiger charge is 2.17. The molecule has 25 heavy (non-hydrogen) atoms. The molecular weight excluding hydrogens is 338 g/mol. The molecule has 2 heterocycles. The molecule has 0 saturated carbocycles. The molecule has 1 aromatic carbocycles. The van der Waals surface area contributed by atoms with Gasteiger partial charge in [0.15, 0.2) is 5.13 Å². The van der Waals surface area contributed by atoms with Crippen LogP contribution in [0.2, 0.25) is 0 Å². The number of nitrogens with zero attached hydrogens (tertiary/aromatic N) is 3. The summed E-state index contributed by atoms with van der Waals surface area (Å²) in [6.45, 7) is 5.87. The van der Waals surface area contributed by atoms with Crippen molar-refractivity contribution in [1.29, 1.82) is 0 Å². The number of rotatable bonds is 3. The first kappa shape index (κ1) is 17.4. The maximum absolute atomic E-state index is 12.0. The number of thiazole rings is 1. The Morgan fingerprint density at radius 1 is 1.04 bits per heavy atom. The molecule has 1 fully saturated rings. The Labute approximate surface area is 150 Å². The van der Waals surface area contributed by atoms with Gasteiger partial charge < -0.3 is 15.1 Å². The second-order valence-electron chi connectivity index (χ2n) is 6.04. The number of aryl methyl sites for hydroxylation is 1. The molecule has 1 saturated heterocycles. The van der Waals surface area contributed by atoms with E-state index in [1.807, 2.05) is 36.6 Å². The molecule has 1 aromatic heterocycles. The van der Waals surface area contributed by atoms with E-state index in [1.54, 1.807) is 0 Å². The van der Waals surface area contributed by atoms with Gasteiger partial charge in [0, 0.05) is 42.9 Å². The fourth-order valence-electron chi connectivity index (χ4n) is 2.57. The van der Waals surface area contributed by atoms with E-state index in [0.717, 1.165) is 37.6 Å². The molecule has 0 radical (unpaired) electrons. The maximum atomic E-state index is 12.0. The number of carbonyl (C=O) groups excluding carboxylic acids is 2. The lowest BCUT2D eigenvalue weighted by atomic mass is 10.2. The van der Waals surface area contributed by atoms with Crippen LogP contribution in [-0.2, 0) is 9.59 Å². The number of hydrogen-bond acceptors (Lipinski definition) is 6. The van der Waals surface area contributed by atoms with E-state index in [9.17, 15) is 9.59 Å². The number of likely N-dealkylation sites (N-methyl/N-ethyl adjacent to an activating group) is 1. The van der Waals surface area contributed by atoms with Crippen molar-refractivity contribution in [3.05, 3.63) is 35.3 Å². The lowest BCUT2D eigenvalue weighted by Crippen LogP contribution is -2.44. The molecule has 2 amide bonds. The van der Waals surface area contributed by atoms with Gasteiger partial charge in [-0.3, -0.25) is 14.9 Å². The number of piperazine rings is 1. The van der Waals surface area contributed by atoms with Crippen LogP contribution < -0.4 is 15.5 Å². The van der Waals surface area contributed by atoms with Gasteiger partial charge in [-0.25, -0.2) is 4.98 Å². The topological polar surface area (TPSA) is 77.6 Å². The van der Waals surface area contributed by atoms with E-state index in [1.165, 1.54) is 11.3 Å². The van der Waals surface area contributed by atoms with Crippen LogP contribution in [0.4, 0.5) is 16.5 Å². The van der Waals surface area contributed by atoms with Gasteiger partial charge in [0.05, 0.1) is 5.69 Å². The summed E-state index contributed by atoms with van der Waals surface area (Å²) in [6.07, 6.45) is 0. The predicted octanol–water partition coefficient (Wildman–Crippen LogP) is 1.78. The van der Waals surface area contributed by atoms with Crippen molar-refractivity contribution in [2.75, 3.05) is 48.8 Å². The zero-order valence-electron chi connectivity index (χ0n) is 14.3. The largest absolute Gasteiger partial charge is 0.369 e. The zero-order valence-corrected chi connectivity index (χ0v) is 15.1. The highest BCUT2D eigenvalue weighted by molar-refractivity contribution is 7.14. The predicted molar refractivity (Wildman–Crippen MR) is 100 cm³/mol. The fraction of sp³-hybridized carbons (Fsp3) is 0.353. The van der Waals surface area contributed by atoms with Gasteiger partial charge in [0.25, 0.3) is 0 Å². The van der Waals surface area contributed by atoms with E-state index < -0.39 is 11.8 Å². The molecule has 2 N–H and O–H groups in total. The van der Waals surface area contributed by atoms with Crippen LogP contribution in [0.25, 0.3) is 0 Å². The Kier molecular flexibility index (Phi) is 5.30. The van der Waals surface area contributed by atoms with Gasteiger partial charge in [-0.05, 0) is 38.2 Å². The Morgan fingerprint density at radius 3 is 2.28 bits per heavy atom. The zero-order chi connectivity index (χ0) is 17.8. The summed E-state index contributed by atoms with van der Waals surface area (Å²) in [5.41, 5.74) is 2.52. The monoisotopic (exact) mass is 359 g/mol. The van der Waals surface area contributed by atoms with Crippen molar-refractivity contribution in [2.45, 2.75) is 6.92 Å². The first-order valence-corrected chi connectivity index (χ1v) is 8.97. The van der Waals surface area contributed by atoms with Crippen LogP contribution in [0.1, 0.15) is 5.69 Å². The van der Waals surface area contributed by atoms with Crippen LogP contribution in [0.3, 0.4) is 0 Å². The molecule has 2 aromatic rings. The minimum Gasteiger partial charge on any atom is -0.369 e. The van der Waals surface area contributed by atoms with Crippen LogP contribution in [0.5, 0.6) is 0 Å². The summed E-state index contributed by atoms with van der Waals surface area (Å²) in [6, 6.07) is 7.55. The van der Waals surface area contributed by atoms with Crippen LogP contribution in [0.15, 0.2) is 29.6 Å². The average molecular weight is 359 g/mol. The van der Waals surface area contributed by atoms with Crippen molar-refractivity contribution in [3.8, 4) is 0 Å². The van der Waals surface area contributed by atoms with Crippen LogP contribution in [0, 0.1) is 6.92 Å². The average Bonchev–Trinajstić information content (AvgIpc) is 3.01. The molecular formula is C17H21N5O2S. The molecule has 0 bridgehead atoms. The summed E-state index contributed by atoms with van der Waals surface area (Å²) >= 11 is 1.29. The molecule has 1 aliphatic heterocycles. The Morgan fingerprint density at radius 2 is 1.68 bits per heavy atom. The number of carbonyl (C=O) groups is 2. The van der Waals surface area contributed by atoms with E-state index >= 15 is 0 Å². The number of hydrogen-bond donors (Lipinski definition) is 2. The third-order valence-electron chi connectivity index (χ3n) is 4.04. The SMILES string of the molecule is Cc1csc(NC(=O)C(=O)Nc2ccc(N3CCN(C)CC3)cc2)n1. The highest BCUT2D eigenvalue weighted by atomic mass is 32.1. The molecule has 0 unspecified atom stereocenters. The van der Waals surface area contributed by atoms with Gasteiger partial charge in [-0.15, -0.1) is 11.3 Å². The van der Waals surface area contributed by atoms with Gasteiger partial charge in [0.2, 0.25) is 0 Å². The third-order valence-corrected chi connectivity index (χ3v) is 4.91. The summed E-state index contributed by atoms with van der Waals surface area (Å²) in [7, 11) is 2.12. The lowest BCUT2D eigenvalue weighted by Gasteiger charge is -2.34. The minimum atomic E-state index is -0.725. The van der Waals surface area contributed by atoms with Crippen molar-refractivity contribution < 1.29 is 9.59 Å². The number of aromatic nitrogens is 1. The summed E-state index contributed by atoms with van der Waals surface area (Å²) < 4.78 is 0. The van der Waals surface area contributed by atoms with Crippen molar-refractivity contribution in [1.82, 2.24) is 9.88 Å². The lowest BCUT2D eigenvalue weighted by molar-refractivity contribution is -0.132. The van der Waals surface area contributed by atoms with Crippen LogP contribution >= 0.6 is 11.3 Å². The second-order valence-corrected chi connectivity index (χ2v) is 6.90. The van der Waals surface area contributed by atoms with E-state index in [-0.39, 0.29) is 0 Å². The standard InChI is InChI=1S/C17H21N5O2S/c1-12-11-25-17(18-12)20-16(24)15(23)19-13-3-5-14(6-4-13)22-9-7-21(2)8-10-22/h3-6,11H,7-10H2,1-2H3,(H,19,23)(H,18,20,24). The minimum absolute atomic E-state index is 0.420. The van der Waals surface area contributed by atoms with Crippen molar-refractivity contribution in [2.24, 2.45) is 0 Å². The summed E-state index contributed by atoms with van der Waals surface area (Å²) in [5, 5.41) is 7.33. The van der Waals surface area contributed by atoms with Crippen molar-refractivity contribution >= 4 is 39.7 Å². The normalized spacial score (nSPS) is 15.0. The van der Waals surface area contributed by atoms with Gasteiger partial charge in [-0.2, -0.15) is 0 Å². The molecule has 0 atom stereocenters. The molecule has 0 aliphatic carbocycles. The third kappa shape index (κ3) is 4.55. The second kappa shape index (κ2) is 7.62. The Hall–Kier alpha value is -2.45. The highest BCUT2D eigenvalue weighted by Crippen LogP contribution is 2.19. The van der Waals surface area contributed by atoms with E-state index in [2.05, 4.69) is 32.5 Å². The number of benzene rings is 1. The van der Waals surface area contributed by atoms with E-state index in [0.29, 0.717) is 10.8 Å². The Bertz CT molecular complexity index is 751. The van der Waals surface area contributed by atoms with Gasteiger partial charge >= 0.3 is 11.8 Å². The molecule has 132 valence electrons. The smallest absolute Gasteiger partial charge is 0.315 e. The quantitative estimate of drug-likeness (QED) is 0.817. The maximum Gasteiger partial charge on any atom is 0.315 e. The molecule has 3 rings (SSSR count). The molecule has 7 nitrogen and oxygen atoms in total. The Balaban J connectivity index is 1.55. The summed E-state index contributed by atoms with van der Waals surface area (Å²) in [5.74, 6) is -1.43. The number of nitrogens with one attached hydrogen (secondary N) is 2. The van der Waals surface area contributed by atoms with Gasteiger partial charge in [-0.1, -0.05) is 0 Å². The molecule has 8 heteroatoms. The first-order chi connectivity index (χ1) is 12.0. The fourth-order valence-corrected chi connectivity index (χ4v) is 3.26. The summed E-state index contributed by atoms with van der Waals surface area (Å²) in [4.78, 5) is 32.6. The van der Waals surface area contributed by atoms with Crippen molar-refractivity contribution in [3.63, 3.8) is 0 Å². The molecule has 0 spiro atoms. The van der Waals surface area contributed by atoms with Gasteiger partial charge in [0.1, 0.15) is 0 Å². The van der Waals surface area contributed by atoms with E-state index in [4.69, 9.17) is 0 Å². The first-order valence-electron chi connectivity index (χ1n) is 8.09.